The van der Waals surface area contributed by atoms with Crippen LogP contribution in [-0.4, -0.2) is 38.0 Å². The van der Waals surface area contributed by atoms with E-state index >= 15 is 0 Å². The molecule has 0 aliphatic heterocycles. The minimum Gasteiger partial charge on any atom is -0.398 e. The maximum Gasteiger partial charge on any atom is 0.251 e. The third-order valence-electron chi connectivity index (χ3n) is 2.50. The third-order valence-corrected chi connectivity index (χ3v) is 2.96. The van der Waals surface area contributed by atoms with E-state index < -0.39 is 0 Å². The highest BCUT2D eigenvalue weighted by atomic mass is 79.9. The maximum absolute atomic E-state index is 11.9. The van der Waals surface area contributed by atoms with Crippen molar-refractivity contribution in [1.29, 1.82) is 0 Å². The Labute approximate surface area is 110 Å². The minimum atomic E-state index is -0.0858. The van der Waals surface area contributed by atoms with Crippen LogP contribution < -0.4 is 11.1 Å². The first-order chi connectivity index (χ1) is 7.91. The van der Waals surface area contributed by atoms with Gasteiger partial charge >= 0.3 is 0 Å². The molecule has 1 rings (SSSR count). The second-order valence-corrected chi connectivity index (χ2v) is 5.14. The van der Waals surface area contributed by atoms with Crippen molar-refractivity contribution in [3.63, 3.8) is 0 Å². The molecule has 0 heterocycles. The summed E-state index contributed by atoms with van der Waals surface area (Å²) in [5.41, 5.74) is 7.88. The van der Waals surface area contributed by atoms with E-state index in [2.05, 4.69) is 21.2 Å². The Kier molecular flexibility index (Phi) is 4.96. The van der Waals surface area contributed by atoms with E-state index in [-0.39, 0.29) is 5.91 Å². The van der Waals surface area contributed by atoms with E-state index in [0.717, 1.165) is 16.6 Å². The third kappa shape index (κ3) is 4.02. The summed E-state index contributed by atoms with van der Waals surface area (Å²) in [4.78, 5) is 14.0. The van der Waals surface area contributed by atoms with Crippen molar-refractivity contribution >= 4 is 27.5 Å². The van der Waals surface area contributed by atoms with Crippen LogP contribution in [0.25, 0.3) is 0 Å². The minimum absolute atomic E-state index is 0.0858. The van der Waals surface area contributed by atoms with Crippen molar-refractivity contribution in [2.45, 2.75) is 6.92 Å². The normalized spacial score (nSPS) is 10.6. The fourth-order valence-electron chi connectivity index (χ4n) is 1.42. The molecule has 0 radical (unpaired) electrons. The monoisotopic (exact) mass is 299 g/mol. The van der Waals surface area contributed by atoms with Crippen LogP contribution in [0.3, 0.4) is 0 Å². The molecule has 3 N–H and O–H groups in total. The van der Waals surface area contributed by atoms with Gasteiger partial charge in [0.05, 0.1) is 0 Å². The van der Waals surface area contributed by atoms with Crippen LogP contribution in [-0.2, 0) is 0 Å². The molecule has 0 saturated heterocycles. The van der Waals surface area contributed by atoms with Gasteiger partial charge in [-0.25, -0.2) is 0 Å². The molecule has 94 valence electrons. The second-order valence-electron chi connectivity index (χ2n) is 4.23. The summed E-state index contributed by atoms with van der Waals surface area (Å²) in [5.74, 6) is -0.0858. The number of amides is 1. The molecule has 17 heavy (non-hydrogen) atoms. The topological polar surface area (TPSA) is 58.4 Å². The van der Waals surface area contributed by atoms with Gasteiger partial charge in [-0.15, -0.1) is 0 Å². The summed E-state index contributed by atoms with van der Waals surface area (Å²) in [6.07, 6.45) is 0. The zero-order valence-corrected chi connectivity index (χ0v) is 12.0. The van der Waals surface area contributed by atoms with Crippen molar-refractivity contribution in [3.8, 4) is 0 Å². The van der Waals surface area contributed by atoms with Crippen LogP contribution in [0.1, 0.15) is 15.9 Å². The molecule has 0 aliphatic rings. The molecule has 0 spiro atoms. The van der Waals surface area contributed by atoms with Crippen molar-refractivity contribution in [1.82, 2.24) is 10.2 Å². The molecule has 4 nitrogen and oxygen atoms in total. The Balaban J connectivity index is 2.75. The molecule has 0 bridgehead atoms. The van der Waals surface area contributed by atoms with Crippen LogP contribution in [0.5, 0.6) is 0 Å². The van der Waals surface area contributed by atoms with Crippen LogP contribution in [0.4, 0.5) is 5.69 Å². The van der Waals surface area contributed by atoms with Gasteiger partial charge in [0, 0.05) is 28.8 Å². The highest BCUT2D eigenvalue weighted by Gasteiger charge is 2.11. The fourth-order valence-corrected chi connectivity index (χ4v) is 1.90. The summed E-state index contributed by atoms with van der Waals surface area (Å²) >= 11 is 3.34. The molecule has 0 unspecified atom stereocenters. The molecule has 0 aliphatic carbocycles. The molecule has 0 atom stereocenters. The lowest BCUT2D eigenvalue weighted by Crippen LogP contribution is -2.31. The van der Waals surface area contributed by atoms with Gasteiger partial charge in [0.25, 0.3) is 5.91 Å². The smallest absolute Gasteiger partial charge is 0.251 e. The largest absolute Gasteiger partial charge is 0.398 e. The molecule has 0 saturated carbocycles. The summed E-state index contributed by atoms with van der Waals surface area (Å²) in [6.45, 7) is 3.29. The standard InChI is InChI=1S/C12H18BrN3O/c1-8-10(6-9(13)7-11(8)14)12(17)15-4-5-16(2)3/h6-7H,4-5,14H2,1-3H3,(H,15,17). The molecule has 1 amide bonds. The highest BCUT2D eigenvalue weighted by Crippen LogP contribution is 2.22. The Bertz CT molecular complexity index is 418. The SMILES string of the molecule is Cc1c(N)cc(Br)cc1C(=O)NCCN(C)C. The van der Waals surface area contributed by atoms with Gasteiger partial charge < -0.3 is 16.0 Å². The number of rotatable bonds is 4. The lowest BCUT2D eigenvalue weighted by atomic mass is 10.1. The van der Waals surface area contributed by atoms with E-state index in [4.69, 9.17) is 5.73 Å². The van der Waals surface area contributed by atoms with Gasteiger partial charge in [-0.1, -0.05) is 15.9 Å². The average Bonchev–Trinajstić information content (AvgIpc) is 2.22. The molecular formula is C12H18BrN3O. The summed E-state index contributed by atoms with van der Waals surface area (Å²) in [7, 11) is 3.93. The zero-order valence-electron chi connectivity index (χ0n) is 10.4. The van der Waals surface area contributed by atoms with Crippen LogP contribution in [0.15, 0.2) is 16.6 Å². The van der Waals surface area contributed by atoms with Crippen molar-refractivity contribution < 1.29 is 4.79 Å². The van der Waals surface area contributed by atoms with Crippen LogP contribution in [0, 0.1) is 6.92 Å². The zero-order chi connectivity index (χ0) is 13.0. The van der Waals surface area contributed by atoms with Gasteiger partial charge in [-0.3, -0.25) is 4.79 Å². The molecule has 0 aromatic heterocycles. The number of hydrogen-bond donors (Lipinski definition) is 2. The van der Waals surface area contributed by atoms with Crippen molar-refractivity contribution in [2.75, 3.05) is 32.9 Å². The number of carbonyl (C=O) groups is 1. The number of nitrogens with two attached hydrogens (primary N) is 1. The number of benzene rings is 1. The number of anilines is 1. The number of likely N-dealkylation sites (N-methyl/N-ethyl adjacent to an activating group) is 1. The Morgan fingerprint density at radius 3 is 2.71 bits per heavy atom. The first-order valence-electron chi connectivity index (χ1n) is 5.40. The van der Waals surface area contributed by atoms with Gasteiger partial charge in [0.1, 0.15) is 0 Å². The fraction of sp³-hybridized carbons (Fsp3) is 0.417. The van der Waals surface area contributed by atoms with Crippen LogP contribution >= 0.6 is 15.9 Å². The van der Waals surface area contributed by atoms with E-state index in [0.29, 0.717) is 17.8 Å². The van der Waals surface area contributed by atoms with Gasteiger partial charge in [-0.2, -0.15) is 0 Å². The number of nitrogens with zero attached hydrogens (tertiary/aromatic N) is 1. The first-order valence-corrected chi connectivity index (χ1v) is 6.19. The van der Waals surface area contributed by atoms with Gasteiger partial charge in [0.2, 0.25) is 0 Å². The van der Waals surface area contributed by atoms with E-state index in [1.165, 1.54) is 0 Å². The van der Waals surface area contributed by atoms with Crippen LogP contribution in [0.2, 0.25) is 0 Å². The Morgan fingerprint density at radius 2 is 2.12 bits per heavy atom. The number of halogens is 1. The van der Waals surface area contributed by atoms with E-state index in [1.807, 2.05) is 25.9 Å². The molecule has 0 fully saturated rings. The Hall–Kier alpha value is -1.07. The quantitative estimate of drug-likeness (QED) is 0.831. The summed E-state index contributed by atoms with van der Waals surface area (Å²) < 4.78 is 0.818. The summed E-state index contributed by atoms with van der Waals surface area (Å²) in [5, 5.41) is 2.87. The predicted octanol–water partition coefficient (Wildman–Crippen LogP) is 1.63. The lowest BCUT2D eigenvalue weighted by molar-refractivity contribution is 0.0950. The van der Waals surface area contributed by atoms with Crippen molar-refractivity contribution in [2.24, 2.45) is 0 Å². The highest BCUT2D eigenvalue weighted by molar-refractivity contribution is 9.10. The molecule has 1 aromatic carbocycles. The number of nitrogen functional groups attached to an aromatic ring is 1. The Morgan fingerprint density at radius 1 is 1.47 bits per heavy atom. The van der Waals surface area contributed by atoms with E-state index in [1.54, 1.807) is 12.1 Å². The predicted molar refractivity (Wildman–Crippen MR) is 74.2 cm³/mol. The van der Waals surface area contributed by atoms with Gasteiger partial charge in [-0.05, 0) is 38.7 Å². The number of hydrogen-bond acceptors (Lipinski definition) is 3. The average molecular weight is 300 g/mol. The molecular weight excluding hydrogens is 282 g/mol. The van der Waals surface area contributed by atoms with Gasteiger partial charge in [0.15, 0.2) is 0 Å². The number of carbonyl (C=O) groups excluding carboxylic acids is 1. The number of nitrogens with one attached hydrogen (secondary N) is 1. The molecule has 1 aromatic rings. The molecule has 5 heteroatoms. The van der Waals surface area contributed by atoms with E-state index in [9.17, 15) is 4.79 Å². The first kappa shape index (κ1) is 14.0. The summed E-state index contributed by atoms with van der Waals surface area (Å²) in [6, 6.07) is 3.59. The maximum atomic E-state index is 11.9. The second kappa shape index (κ2) is 6.02. The van der Waals surface area contributed by atoms with Crippen molar-refractivity contribution in [3.05, 3.63) is 27.7 Å². The lowest BCUT2D eigenvalue weighted by Gasteiger charge is -2.12.